The second-order valence-corrected chi connectivity index (χ2v) is 14.0. The first kappa shape index (κ1) is 37.9. The Morgan fingerprint density at radius 2 is 1.06 bits per heavy atom. The Balaban J connectivity index is 0.000000178. The standard InChI is InChI=1S/2C16H21NO2S.C4H6O4/c2*18-15-11-17(12-15)6-1-7-19-8-4-13-2-3-16-14(10-13)5-9-20-16;5-3(6)1-2-4(7)8/h2*2-3,5,9-10,15,18H,1,4,6-8,11-12H2;1-2H2,(H,5,6)(H,7,8). The summed E-state index contributed by atoms with van der Waals surface area (Å²) in [6.45, 7) is 8.62. The third-order valence-electron chi connectivity index (χ3n) is 8.06. The van der Waals surface area contributed by atoms with Gasteiger partial charge in [0.1, 0.15) is 0 Å². The van der Waals surface area contributed by atoms with Gasteiger partial charge in [-0.3, -0.25) is 19.4 Å². The molecule has 0 amide bonds. The van der Waals surface area contributed by atoms with Gasteiger partial charge in [0.2, 0.25) is 0 Å². The molecule has 2 fully saturated rings. The molecule has 0 radical (unpaired) electrons. The molecule has 2 aliphatic rings. The Morgan fingerprint density at radius 1 is 0.646 bits per heavy atom. The molecule has 10 nitrogen and oxygen atoms in total. The molecular formula is C36H48N2O8S2. The average Bonchev–Trinajstić information content (AvgIpc) is 3.71. The highest BCUT2D eigenvalue weighted by molar-refractivity contribution is 7.17. The van der Waals surface area contributed by atoms with Crippen LogP contribution in [-0.2, 0) is 31.9 Å². The van der Waals surface area contributed by atoms with Gasteiger partial charge >= 0.3 is 11.9 Å². The fourth-order valence-corrected chi connectivity index (χ4v) is 6.91. The van der Waals surface area contributed by atoms with E-state index in [1.54, 1.807) is 22.7 Å². The first-order valence-corrected chi connectivity index (χ1v) is 18.3. The van der Waals surface area contributed by atoms with Gasteiger partial charge in [0, 0.05) is 61.9 Å². The van der Waals surface area contributed by atoms with Crippen molar-refractivity contribution in [3.8, 4) is 0 Å². The number of likely N-dealkylation sites (tertiary alicyclic amines) is 2. The smallest absolute Gasteiger partial charge is 0.303 e. The number of benzene rings is 2. The molecule has 4 N–H and O–H groups in total. The lowest BCUT2D eigenvalue weighted by atomic mass is 10.1. The predicted octanol–water partition coefficient (Wildman–Crippen LogP) is 4.99. The van der Waals surface area contributed by atoms with E-state index in [1.165, 1.54) is 31.3 Å². The zero-order chi connectivity index (χ0) is 34.1. The van der Waals surface area contributed by atoms with Crippen LogP contribution in [-0.4, -0.2) is 120 Å². The van der Waals surface area contributed by atoms with Gasteiger partial charge in [-0.25, -0.2) is 0 Å². The van der Waals surface area contributed by atoms with Crippen molar-refractivity contribution < 1.29 is 39.5 Å². The van der Waals surface area contributed by atoms with Crippen LogP contribution in [0, 0.1) is 0 Å². The molecule has 262 valence electrons. The van der Waals surface area contributed by atoms with Crippen LogP contribution in [0.4, 0.5) is 0 Å². The van der Waals surface area contributed by atoms with Crippen molar-refractivity contribution in [1.82, 2.24) is 9.80 Å². The van der Waals surface area contributed by atoms with E-state index in [0.717, 1.165) is 91.4 Å². The topological polar surface area (TPSA) is 140 Å². The van der Waals surface area contributed by atoms with Gasteiger partial charge in [-0.05, 0) is 82.6 Å². The lowest BCUT2D eigenvalue weighted by Crippen LogP contribution is -2.50. The summed E-state index contributed by atoms with van der Waals surface area (Å²) in [5, 5.41) is 41.1. The Morgan fingerprint density at radius 3 is 1.44 bits per heavy atom. The number of hydrogen-bond donors (Lipinski definition) is 4. The number of rotatable bonds is 17. The number of carbonyl (C=O) groups is 2. The minimum Gasteiger partial charge on any atom is -0.481 e. The number of aliphatic carboxylic acids is 2. The van der Waals surface area contributed by atoms with Crippen molar-refractivity contribution in [2.24, 2.45) is 0 Å². The van der Waals surface area contributed by atoms with Gasteiger partial charge in [-0.15, -0.1) is 22.7 Å². The second kappa shape index (κ2) is 20.5. The van der Waals surface area contributed by atoms with Crippen molar-refractivity contribution in [1.29, 1.82) is 0 Å². The number of ether oxygens (including phenoxy) is 2. The van der Waals surface area contributed by atoms with Gasteiger partial charge in [0.15, 0.2) is 0 Å². The molecule has 0 saturated carbocycles. The SMILES string of the molecule is O=C(O)CCC(=O)O.OC1CN(CCCOCCc2ccc3sccc3c2)C1.OC1CN(CCCOCCc2ccc3sccc3c2)C1. The Labute approximate surface area is 290 Å². The number of carboxylic acids is 2. The lowest BCUT2D eigenvalue weighted by Gasteiger charge is -2.35. The maximum atomic E-state index is 9.64. The van der Waals surface area contributed by atoms with Crippen LogP contribution >= 0.6 is 22.7 Å². The molecule has 0 aliphatic carbocycles. The van der Waals surface area contributed by atoms with Gasteiger partial charge in [-0.2, -0.15) is 0 Å². The summed E-state index contributed by atoms with van der Waals surface area (Å²) in [6, 6.07) is 17.7. The maximum Gasteiger partial charge on any atom is 0.303 e. The molecule has 0 atom stereocenters. The highest BCUT2D eigenvalue weighted by atomic mass is 32.1. The van der Waals surface area contributed by atoms with E-state index >= 15 is 0 Å². The van der Waals surface area contributed by atoms with E-state index in [0.29, 0.717) is 0 Å². The molecule has 6 rings (SSSR count). The number of thiophene rings is 2. The molecule has 0 unspecified atom stereocenters. The molecule has 4 heterocycles. The summed E-state index contributed by atoms with van der Waals surface area (Å²) < 4.78 is 14.1. The number of aliphatic hydroxyl groups excluding tert-OH is 2. The van der Waals surface area contributed by atoms with Crippen molar-refractivity contribution in [2.75, 3.05) is 65.7 Å². The maximum absolute atomic E-state index is 9.64. The van der Waals surface area contributed by atoms with Crippen molar-refractivity contribution in [2.45, 2.75) is 50.7 Å². The third kappa shape index (κ3) is 13.9. The van der Waals surface area contributed by atoms with E-state index in [1.807, 2.05) is 0 Å². The van der Waals surface area contributed by atoms with Gasteiger partial charge in [-0.1, -0.05) is 24.3 Å². The van der Waals surface area contributed by atoms with Crippen molar-refractivity contribution in [3.63, 3.8) is 0 Å². The highest BCUT2D eigenvalue weighted by Gasteiger charge is 2.23. The zero-order valence-electron chi connectivity index (χ0n) is 27.4. The number of β-amino-alcohol motifs (C(OH)–C–C–N with tert-alkyl or cyclic N) is 2. The van der Waals surface area contributed by atoms with Crippen LogP contribution in [0.5, 0.6) is 0 Å². The molecule has 2 aliphatic heterocycles. The van der Waals surface area contributed by atoms with E-state index in [4.69, 9.17) is 19.7 Å². The highest BCUT2D eigenvalue weighted by Crippen LogP contribution is 2.23. The van der Waals surface area contributed by atoms with Gasteiger partial charge < -0.3 is 29.9 Å². The van der Waals surface area contributed by atoms with Crippen LogP contribution in [0.3, 0.4) is 0 Å². The summed E-state index contributed by atoms with van der Waals surface area (Å²) in [5.41, 5.74) is 2.70. The monoisotopic (exact) mass is 700 g/mol. The first-order chi connectivity index (χ1) is 23.2. The van der Waals surface area contributed by atoms with Crippen molar-refractivity contribution >= 4 is 54.8 Å². The van der Waals surface area contributed by atoms with Gasteiger partial charge in [0.25, 0.3) is 0 Å². The summed E-state index contributed by atoms with van der Waals surface area (Å²) in [5.74, 6) is -2.15. The van der Waals surface area contributed by atoms with E-state index in [-0.39, 0.29) is 25.0 Å². The average molecular weight is 701 g/mol. The van der Waals surface area contributed by atoms with E-state index in [2.05, 4.69) is 69.1 Å². The molecule has 2 saturated heterocycles. The van der Waals surface area contributed by atoms with Crippen LogP contribution in [0.25, 0.3) is 20.2 Å². The number of aliphatic hydroxyl groups is 2. The van der Waals surface area contributed by atoms with Gasteiger partial charge in [0.05, 0.1) is 38.3 Å². The molecule has 4 aromatic rings. The predicted molar refractivity (Wildman–Crippen MR) is 191 cm³/mol. The summed E-state index contributed by atoms with van der Waals surface area (Å²) in [4.78, 5) is 23.8. The third-order valence-corrected chi connectivity index (χ3v) is 9.85. The van der Waals surface area contributed by atoms with Crippen LogP contribution in [0.15, 0.2) is 59.3 Å². The first-order valence-electron chi connectivity index (χ1n) is 16.6. The molecule has 0 spiro atoms. The summed E-state index contributed by atoms with van der Waals surface area (Å²) in [7, 11) is 0. The second-order valence-electron chi connectivity index (χ2n) is 12.1. The molecule has 12 heteroatoms. The molecule has 2 aromatic heterocycles. The van der Waals surface area contributed by atoms with Crippen LogP contribution in [0.1, 0.15) is 36.8 Å². The minimum absolute atomic E-state index is 0.0945. The quantitative estimate of drug-likeness (QED) is 0.111. The van der Waals surface area contributed by atoms with E-state index < -0.39 is 11.9 Å². The Hall–Kier alpha value is -2.94. The van der Waals surface area contributed by atoms with E-state index in [9.17, 15) is 19.8 Å². The normalized spacial score (nSPS) is 15.3. The Bertz CT molecular complexity index is 1420. The summed E-state index contributed by atoms with van der Waals surface area (Å²) in [6.07, 6.45) is 3.28. The molecule has 48 heavy (non-hydrogen) atoms. The zero-order valence-corrected chi connectivity index (χ0v) is 29.0. The largest absolute Gasteiger partial charge is 0.481 e. The Kier molecular flexibility index (Phi) is 16.2. The fraction of sp³-hybridized carbons (Fsp3) is 0.500. The number of fused-ring (bicyclic) bond motifs is 2. The number of hydrogen-bond acceptors (Lipinski definition) is 10. The lowest BCUT2D eigenvalue weighted by molar-refractivity contribution is -0.143. The fourth-order valence-electron chi connectivity index (χ4n) is 5.37. The number of carboxylic acid groups (broad SMARTS) is 2. The minimum atomic E-state index is -1.08. The number of nitrogens with zero attached hydrogens (tertiary/aromatic N) is 2. The molecule has 0 bridgehead atoms. The molecule has 2 aromatic carbocycles. The van der Waals surface area contributed by atoms with Crippen LogP contribution in [0.2, 0.25) is 0 Å². The molecular weight excluding hydrogens is 653 g/mol. The summed E-state index contributed by atoms with van der Waals surface area (Å²) >= 11 is 3.58. The van der Waals surface area contributed by atoms with Crippen LogP contribution < -0.4 is 0 Å². The van der Waals surface area contributed by atoms with Crippen molar-refractivity contribution in [3.05, 3.63) is 70.4 Å².